The maximum absolute atomic E-state index is 10.9. The molecular weight excluding hydrogens is 328 g/mol. The Morgan fingerprint density at radius 2 is 1.91 bits per heavy atom. The Kier molecular flexibility index (Phi) is 3.51. The lowest BCUT2D eigenvalue weighted by Crippen LogP contribution is -2.21. The topological polar surface area (TPSA) is 96.2 Å². The predicted molar refractivity (Wildman–Crippen MR) is 81.1 cm³/mol. The van der Waals surface area contributed by atoms with Crippen LogP contribution in [0.1, 0.15) is 10.4 Å². The summed E-state index contributed by atoms with van der Waals surface area (Å²) in [4.78, 5) is 25.4. The van der Waals surface area contributed by atoms with Gasteiger partial charge in [-0.1, -0.05) is 35.9 Å². The van der Waals surface area contributed by atoms with Crippen molar-refractivity contribution in [2.45, 2.75) is 0 Å². The van der Waals surface area contributed by atoms with E-state index in [-0.39, 0.29) is 16.3 Å². The van der Waals surface area contributed by atoms with E-state index in [9.17, 15) is 20.0 Å². The molecular formula is C14H6ClN2O4S-. The number of nitro benzene ring substituents is 1. The van der Waals surface area contributed by atoms with Crippen LogP contribution in [0.25, 0.3) is 20.8 Å². The van der Waals surface area contributed by atoms with Gasteiger partial charge in [-0.15, -0.1) is 11.3 Å². The van der Waals surface area contributed by atoms with Crippen LogP contribution < -0.4 is 5.11 Å². The highest BCUT2D eigenvalue weighted by atomic mass is 35.5. The summed E-state index contributed by atoms with van der Waals surface area (Å²) in [6.07, 6.45) is 0. The highest BCUT2D eigenvalue weighted by Gasteiger charge is 2.16. The zero-order valence-electron chi connectivity index (χ0n) is 10.8. The van der Waals surface area contributed by atoms with Gasteiger partial charge >= 0.3 is 0 Å². The second kappa shape index (κ2) is 5.36. The Labute approximate surface area is 132 Å². The van der Waals surface area contributed by atoms with Crippen LogP contribution in [0, 0.1) is 10.1 Å². The fourth-order valence-electron chi connectivity index (χ4n) is 1.95. The van der Waals surface area contributed by atoms with E-state index >= 15 is 0 Å². The van der Waals surface area contributed by atoms with Gasteiger partial charge in [-0.2, -0.15) is 0 Å². The molecule has 0 atom stereocenters. The van der Waals surface area contributed by atoms with Crippen molar-refractivity contribution in [3.05, 3.63) is 57.1 Å². The number of carbonyl (C=O) groups is 1. The monoisotopic (exact) mass is 333 g/mol. The Morgan fingerprint density at radius 3 is 2.50 bits per heavy atom. The SMILES string of the molecule is O=C([O-])c1ccc(-c2nc3cc(Cl)c([N+](=O)[O-])cc3s2)cc1. The lowest BCUT2D eigenvalue weighted by atomic mass is 10.1. The number of nitrogens with zero attached hydrogens (tertiary/aromatic N) is 2. The zero-order chi connectivity index (χ0) is 15.9. The molecule has 1 heterocycles. The number of fused-ring (bicyclic) bond motifs is 1. The molecule has 0 bridgehead atoms. The number of aromatic nitrogens is 1. The van der Waals surface area contributed by atoms with E-state index in [4.69, 9.17) is 11.6 Å². The molecule has 8 heteroatoms. The molecule has 0 fully saturated rings. The van der Waals surface area contributed by atoms with Gasteiger partial charge in [0, 0.05) is 11.6 Å². The first-order chi connectivity index (χ1) is 10.5. The average molecular weight is 334 g/mol. The fourth-order valence-corrected chi connectivity index (χ4v) is 3.16. The van der Waals surface area contributed by atoms with Gasteiger partial charge in [-0.25, -0.2) is 4.98 Å². The molecule has 3 aromatic rings. The Balaban J connectivity index is 2.08. The minimum absolute atomic E-state index is 0.0293. The van der Waals surface area contributed by atoms with E-state index in [1.807, 2.05) is 0 Å². The quantitative estimate of drug-likeness (QED) is 0.542. The van der Waals surface area contributed by atoms with E-state index < -0.39 is 10.9 Å². The van der Waals surface area contributed by atoms with Crippen molar-refractivity contribution in [3.63, 3.8) is 0 Å². The van der Waals surface area contributed by atoms with Crippen LogP contribution in [0.15, 0.2) is 36.4 Å². The third-order valence-electron chi connectivity index (χ3n) is 3.02. The van der Waals surface area contributed by atoms with Crippen LogP contribution in [0.4, 0.5) is 5.69 Å². The summed E-state index contributed by atoms with van der Waals surface area (Å²) in [7, 11) is 0. The molecule has 6 nitrogen and oxygen atoms in total. The van der Waals surface area contributed by atoms with Gasteiger partial charge in [0.15, 0.2) is 0 Å². The molecule has 0 saturated carbocycles. The van der Waals surface area contributed by atoms with Gasteiger partial charge in [-0.05, 0) is 11.6 Å². The van der Waals surface area contributed by atoms with Crippen molar-refractivity contribution in [2.75, 3.05) is 0 Å². The van der Waals surface area contributed by atoms with Gasteiger partial charge < -0.3 is 9.90 Å². The number of nitro groups is 1. The number of hydrogen-bond donors (Lipinski definition) is 0. The van der Waals surface area contributed by atoms with Crippen molar-refractivity contribution in [3.8, 4) is 10.6 Å². The first-order valence-electron chi connectivity index (χ1n) is 6.02. The van der Waals surface area contributed by atoms with Gasteiger partial charge in [0.05, 0.1) is 21.1 Å². The van der Waals surface area contributed by atoms with Crippen LogP contribution in [0.3, 0.4) is 0 Å². The van der Waals surface area contributed by atoms with Crippen molar-refractivity contribution in [2.24, 2.45) is 0 Å². The Hall–Kier alpha value is -2.51. The maximum Gasteiger partial charge on any atom is 0.289 e. The van der Waals surface area contributed by atoms with Gasteiger partial charge in [0.25, 0.3) is 5.69 Å². The second-order valence-corrected chi connectivity index (χ2v) is 5.85. The summed E-state index contributed by atoms with van der Waals surface area (Å²) in [5, 5.41) is 22.3. The third-order valence-corrected chi connectivity index (χ3v) is 4.39. The number of benzene rings is 2. The largest absolute Gasteiger partial charge is 0.545 e. The van der Waals surface area contributed by atoms with E-state index in [1.165, 1.54) is 35.6 Å². The normalized spacial score (nSPS) is 10.8. The second-order valence-electron chi connectivity index (χ2n) is 4.41. The number of rotatable bonds is 3. The molecule has 1 aromatic heterocycles. The molecule has 3 rings (SSSR count). The highest BCUT2D eigenvalue weighted by molar-refractivity contribution is 7.21. The molecule has 110 valence electrons. The number of thiazole rings is 1. The zero-order valence-corrected chi connectivity index (χ0v) is 12.4. The number of carboxylic acid groups (broad SMARTS) is 1. The number of carbonyl (C=O) groups excluding carboxylic acids is 1. The first-order valence-corrected chi connectivity index (χ1v) is 7.21. The minimum atomic E-state index is -1.25. The summed E-state index contributed by atoms with van der Waals surface area (Å²) >= 11 is 7.13. The molecule has 0 N–H and O–H groups in total. The van der Waals surface area contributed by atoms with Crippen LogP contribution in [-0.4, -0.2) is 15.9 Å². The average Bonchev–Trinajstić information content (AvgIpc) is 2.89. The number of hydrogen-bond acceptors (Lipinski definition) is 6. The molecule has 22 heavy (non-hydrogen) atoms. The van der Waals surface area contributed by atoms with Crippen molar-refractivity contribution in [1.82, 2.24) is 4.98 Å². The molecule has 0 aliphatic rings. The van der Waals surface area contributed by atoms with Crippen molar-refractivity contribution >= 4 is 44.8 Å². The summed E-state index contributed by atoms with van der Waals surface area (Å²) in [6, 6.07) is 8.90. The third kappa shape index (κ3) is 2.51. The predicted octanol–water partition coefficient (Wildman–Crippen LogP) is 2.89. The number of halogens is 1. The van der Waals surface area contributed by atoms with Crippen LogP contribution in [-0.2, 0) is 0 Å². The van der Waals surface area contributed by atoms with Crippen molar-refractivity contribution < 1.29 is 14.8 Å². The molecule has 0 radical (unpaired) electrons. The number of aromatic carboxylic acids is 1. The summed E-state index contributed by atoms with van der Waals surface area (Å²) in [5.74, 6) is -1.25. The molecule has 0 saturated heterocycles. The van der Waals surface area contributed by atoms with E-state index in [2.05, 4.69) is 4.98 Å². The molecule has 0 aliphatic heterocycles. The first kappa shape index (κ1) is 14.4. The molecule has 0 unspecified atom stereocenters. The summed E-state index contributed by atoms with van der Waals surface area (Å²) < 4.78 is 0.634. The molecule has 0 spiro atoms. The molecule has 2 aromatic carbocycles. The lowest BCUT2D eigenvalue weighted by molar-refractivity contribution is -0.384. The van der Waals surface area contributed by atoms with Crippen LogP contribution in [0.5, 0.6) is 0 Å². The Morgan fingerprint density at radius 1 is 1.23 bits per heavy atom. The van der Waals surface area contributed by atoms with Crippen LogP contribution in [0.2, 0.25) is 5.02 Å². The molecule has 0 aliphatic carbocycles. The summed E-state index contributed by atoms with van der Waals surface area (Å²) in [6.45, 7) is 0. The van der Waals surface area contributed by atoms with E-state index in [0.29, 0.717) is 20.8 Å². The van der Waals surface area contributed by atoms with Gasteiger partial charge in [-0.3, -0.25) is 10.1 Å². The summed E-state index contributed by atoms with van der Waals surface area (Å²) in [5.41, 5.74) is 1.17. The van der Waals surface area contributed by atoms with Crippen molar-refractivity contribution in [1.29, 1.82) is 0 Å². The van der Waals surface area contributed by atoms with Gasteiger partial charge in [0.2, 0.25) is 0 Å². The van der Waals surface area contributed by atoms with Crippen LogP contribution >= 0.6 is 22.9 Å². The van der Waals surface area contributed by atoms with E-state index in [0.717, 1.165) is 0 Å². The number of carboxylic acids is 1. The standard InChI is InChI=1S/C14H7ClN2O4S/c15-9-5-10-12(6-11(9)17(20)21)22-13(16-10)7-1-3-8(4-2-7)14(18)19/h1-6H,(H,18,19)/p-1. The minimum Gasteiger partial charge on any atom is -0.545 e. The maximum atomic E-state index is 10.9. The van der Waals surface area contributed by atoms with E-state index in [1.54, 1.807) is 12.1 Å². The Bertz CT molecular complexity index is 905. The fraction of sp³-hybridized carbons (Fsp3) is 0. The lowest BCUT2D eigenvalue weighted by Gasteiger charge is -2.02. The highest BCUT2D eigenvalue weighted by Crippen LogP contribution is 2.36. The molecule has 0 amide bonds. The smallest absolute Gasteiger partial charge is 0.289 e. The van der Waals surface area contributed by atoms with Gasteiger partial charge in [0.1, 0.15) is 10.0 Å².